The Hall–Kier alpha value is -0.270. The van der Waals surface area contributed by atoms with E-state index in [1.165, 1.54) is 12.1 Å². The highest BCUT2D eigenvalue weighted by atomic mass is 35.5. The van der Waals surface area contributed by atoms with E-state index in [9.17, 15) is 4.39 Å². The minimum Gasteiger partial charge on any atom is -0.205 e. The van der Waals surface area contributed by atoms with Gasteiger partial charge in [-0.3, -0.25) is 0 Å². The van der Waals surface area contributed by atoms with Crippen molar-refractivity contribution in [2.45, 2.75) is 6.92 Å². The van der Waals surface area contributed by atoms with E-state index in [0.29, 0.717) is 10.6 Å². The summed E-state index contributed by atoms with van der Waals surface area (Å²) in [5.41, 5.74) is 0.586. The summed E-state index contributed by atoms with van der Waals surface area (Å²) in [5, 5.41) is 0.596. The van der Waals surface area contributed by atoms with Crippen LogP contribution in [0.4, 0.5) is 4.39 Å². The van der Waals surface area contributed by atoms with Crippen LogP contribution in [0.3, 0.4) is 0 Å². The maximum Gasteiger partial charge on any atom is 0.142 e. The van der Waals surface area contributed by atoms with Gasteiger partial charge in [-0.15, -0.1) is 0 Å². The standard InChI is InChI=1S/C7H5Cl2F/c1-4-5(8)2-3-6(10)7(4)9/h2-3H,1H3. The van der Waals surface area contributed by atoms with E-state index >= 15 is 0 Å². The minimum absolute atomic E-state index is 0.104. The smallest absolute Gasteiger partial charge is 0.142 e. The van der Waals surface area contributed by atoms with Gasteiger partial charge >= 0.3 is 0 Å². The first kappa shape index (κ1) is 7.83. The summed E-state index contributed by atoms with van der Waals surface area (Å²) in [4.78, 5) is 0. The molecule has 0 amide bonds. The van der Waals surface area contributed by atoms with Crippen LogP contribution >= 0.6 is 23.2 Å². The molecule has 0 N–H and O–H groups in total. The van der Waals surface area contributed by atoms with Crippen molar-refractivity contribution >= 4 is 23.2 Å². The zero-order valence-corrected chi connectivity index (χ0v) is 6.80. The van der Waals surface area contributed by atoms with Gasteiger partial charge in [0, 0.05) is 5.02 Å². The average Bonchev–Trinajstić information content (AvgIpc) is 1.93. The molecule has 0 radical (unpaired) electrons. The lowest BCUT2D eigenvalue weighted by molar-refractivity contribution is 0.627. The van der Waals surface area contributed by atoms with Gasteiger partial charge in [0.25, 0.3) is 0 Å². The van der Waals surface area contributed by atoms with Crippen molar-refractivity contribution in [2.75, 3.05) is 0 Å². The number of benzene rings is 1. The van der Waals surface area contributed by atoms with E-state index < -0.39 is 5.82 Å². The van der Waals surface area contributed by atoms with E-state index in [1.54, 1.807) is 6.92 Å². The molecule has 0 saturated carbocycles. The molecule has 3 heteroatoms. The normalized spacial score (nSPS) is 10.0. The van der Waals surface area contributed by atoms with Crippen LogP contribution in [0, 0.1) is 12.7 Å². The van der Waals surface area contributed by atoms with Crippen molar-refractivity contribution in [3.05, 3.63) is 33.6 Å². The molecule has 0 unspecified atom stereocenters. The fourth-order valence-electron chi connectivity index (χ4n) is 0.628. The van der Waals surface area contributed by atoms with Crippen LogP contribution in [-0.2, 0) is 0 Å². The Labute approximate surface area is 68.6 Å². The molecule has 1 rings (SSSR count). The van der Waals surface area contributed by atoms with Gasteiger partial charge in [0.15, 0.2) is 0 Å². The predicted molar refractivity (Wildman–Crippen MR) is 41.2 cm³/mol. The number of hydrogen-bond donors (Lipinski definition) is 0. The second-order valence-corrected chi connectivity index (χ2v) is 2.75. The van der Waals surface area contributed by atoms with Crippen LogP contribution in [0.2, 0.25) is 10.0 Å². The van der Waals surface area contributed by atoms with Crippen molar-refractivity contribution in [3.63, 3.8) is 0 Å². The van der Waals surface area contributed by atoms with Crippen molar-refractivity contribution in [1.29, 1.82) is 0 Å². The molecule has 0 heterocycles. The van der Waals surface area contributed by atoms with E-state index in [0.717, 1.165) is 0 Å². The minimum atomic E-state index is -0.427. The Morgan fingerprint density at radius 1 is 1.30 bits per heavy atom. The van der Waals surface area contributed by atoms with E-state index in [4.69, 9.17) is 23.2 Å². The lowest BCUT2D eigenvalue weighted by atomic mass is 10.2. The molecule has 0 nitrogen and oxygen atoms in total. The van der Waals surface area contributed by atoms with Gasteiger partial charge in [0.05, 0.1) is 5.02 Å². The fourth-order valence-corrected chi connectivity index (χ4v) is 0.999. The lowest BCUT2D eigenvalue weighted by Gasteiger charge is -1.99. The number of rotatable bonds is 0. The Morgan fingerprint density at radius 2 is 1.90 bits per heavy atom. The molecule has 0 atom stereocenters. The Kier molecular flexibility index (Phi) is 2.17. The second kappa shape index (κ2) is 2.77. The summed E-state index contributed by atoms with van der Waals surface area (Å²) in [7, 11) is 0. The molecule has 0 aliphatic carbocycles. The third-order valence-corrected chi connectivity index (χ3v) is 2.15. The molecule has 0 bridgehead atoms. The van der Waals surface area contributed by atoms with Crippen molar-refractivity contribution in [2.24, 2.45) is 0 Å². The highest BCUT2D eigenvalue weighted by molar-refractivity contribution is 6.35. The zero-order valence-electron chi connectivity index (χ0n) is 5.29. The average molecular weight is 179 g/mol. The summed E-state index contributed by atoms with van der Waals surface area (Å²) in [6, 6.07) is 2.73. The lowest BCUT2D eigenvalue weighted by Crippen LogP contribution is -1.81. The van der Waals surface area contributed by atoms with Gasteiger partial charge in [0.1, 0.15) is 5.82 Å². The molecule has 0 saturated heterocycles. The largest absolute Gasteiger partial charge is 0.205 e. The van der Waals surface area contributed by atoms with Gasteiger partial charge in [-0.05, 0) is 24.6 Å². The summed E-state index contributed by atoms with van der Waals surface area (Å²) in [6.07, 6.45) is 0. The highest BCUT2D eigenvalue weighted by Crippen LogP contribution is 2.25. The summed E-state index contributed by atoms with van der Waals surface area (Å²) < 4.78 is 12.6. The molecule has 0 aromatic heterocycles. The van der Waals surface area contributed by atoms with Crippen LogP contribution in [0.15, 0.2) is 12.1 Å². The molecule has 0 aliphatic rings. The molecular formula is C7H5Cl2F. The van der Waals surface area contributed by atoms with Gasteiger partial charge in [-0.1, -0.05) is 23.2 Å². The van der Waals surface area contributed by atoms with Crippen molar-refractivity contribution in [3.8, 4) is 0 Å². The van der Waals surface area contributed by atoms with Gasteiger partial charge in [-0.25, -0.2) is 4.39 Å². The quantitative estimate of drug-likeness (QED) is 0.535. The van der Waals surface area contributed by atoms with Crippen LogP contribution < -0.4 is 0 Å². The maximum absolute atomic E-state index is 12.6. The number of halogens is 3. The Morgan fingerprint density at radius 3 is 2.40 bits per heavy atom. The first-order chi connectivity index (χ1) is 4.63. The van der Waals surface area contributed by atoms with Gasteiger partial charge in [0.2, 0.25) is 0 Å². The van der Waals surface area contributed by atoms with E-state index in [2.05, 4.69) is 0 Å². The summed E-state index contributed by atoms with van der Waals surface area (Å²) in [5.74, 6) is -0.427. The van der Waals surface area contributed by atoms with Crippen LogP contribution in [0.25, 0.3) is 0 Å². The molecule has 54 valence electrons. The predicted octanol–water partition coefficient (Wildman–Crippen LogP) is 3.44. The molecule has 0 aliphatic heterocycles. The summed E-state index contributed by atoms with van der Waals surface area (Å²) >= 11 is 11.2. The van der Waals surface area contributed by atoms with Gasteiger partial charge < -0.3 is 0 Å². The van der Waals surface area contributed by atoms with Crippen molar-refractivity contribution < 1.29 is 4.39 Å². The highest BCUT2D eigenvalue weighted by Gasteiger charge is 2.04. The maximum atomic E-state index is 12.6. The molecule has 0 fully saturated rings. The fraction of sp³-hybridized carbons (Fsp3) is 0.143. The Bertz CT molecular complexity index is 231. The molecule has 0 spiro atoms. The van der Waals surface area contributed by atoms with E-state index in [-0.39, 0.29) is 5.02 Å². The third kappa shape index (κ3) is 1.25. The zero-order chi connectivity index (χ0) is 7.72. The molecule has 1 aromatic rings. The third-order valence-electron chi connectivity index (χ3n) is 1.27. The monoisotopic (exact) mass is 178 g/mol. The summed E-state index contributed by atoms with van der Waals surface area (Å²) in [6.45, 7) is 1.67. The van der Waals surface area contributed by atoms with Gasteiger partial charge in [-0.2, -0.15) is 0 Å². The van der Waals surface area contributed by atoms with Crippen LogP contribution in [-0.4, -0.2) is 0 Å². The Balaban J connectivity index is 3.34. The van der Waals surface area contributed by atoms with Crippen LogP contribution in [0.1, 0.15) is 5.56 Å². The first-order valence-corrected chi connectivity index (χ1v) is 3.48. The van der Waals surface area contributed by atoms with Crippen molar-refractivity contribution in [1.82, 2.24) is 0 Å². The first-order valence-electron chi connectivity index (χ1n) is 2.73. The van der Waals surface area contributed by atoms with Crippen LogP contribution in [0.5, 0.6) is 0 Å². The second-order valence-electron chi connectivity index (χ2n) is 1.97. The molecule has 1 aromatic carbocycles. The number of hydrogen-bond acceptors (Lipinski definition) is 0. The topological polar surface area (TPSA) is 0 Å². The van der Waals surface area contributed by atoms with E-state index in [1.807, 2.05) is 0 Å². The molecular weight excluding hydrogens is 174 g/mol. The molecule has 10 heavy (non-hydrogen) atoms. The SMILES string of the molecule is Cc1c(Cl)ccc(F)c1Cl.